The minimum atomic E-state index is 0.799. The highest BCUT2D eigenvalue weighted by atomic mass is 16.5. The average Bonchev–Trinajstić information content (AvgIpc) is 3.19. The number of nitrogens with zero attached hydrogens (tertiary/aromatic N) is 5. The van der Waals surface area contributed by atoms with Gasteiger partial charge in [0, 0.05) is 58.0 Å². The van der Waals surface area contributed by atoms with Crippen molar-refractivity contribution < 1.29 is 4.74 Å². The van der Waals surface area contributed by atoms with E-state index in [-0.39, 0.29) is 0 Å². The van der Waals surface area contributed by atoms with Gasteiger partial charge in [0.05, 0.1) is 13.2 Å². The third-order valence-corrected chi connectivity index (χ3v) is 6.63. The molecule has 6 nitrogen and oxygen atoms in total. The summed E-state index contributed by atoms with van der Waals surface area (Å²) in [7, 11) is 0. The standard InChI is InChI=1S/C28H39N5O/c1-5-26-30-27-22(3)20-23(4)29-28(27)33(26)21-25-11-9-24(10-12-25)8-7-13-31-14-16-32(17-15-31)18-19-34-6-2/h7-12,20H,5-6,13-19,21H2,1-4H3/b8-7+. The maximum absolute atomic E-state index is 5.48. The Hall–Kier alpha value is -2.54. The van der Waals surface area contributed by atoms with E-state index in [0.717, 1.165) is 88.1 Å². The van der Waals surface area contributed by atoms with Gasteiger partial charge in [-0.25, -0.2) is 9.97 Å². The zero-order valence-electron chi connectivity index (χ0n) is 21.3. The van der Waals surface area contributed by atoms with E-state index in [1.165, 1.54) is 16.7 Å². The van der Waals surface area contributed by atoms with Crippen LogP contribution in [0.1, 0.15) is 42.1 Å². The number of aromatic nitrogens is 3. The molecule has 0 saturated carbocycles. The SMILES string of the molecule is CCOCCN1CCN(C/C=C/c2ccc(Cn3c(CC)nc4c(C)cc(C)nc43)cc2)CC1. The zero-order chi connectivity index (χ0) is 23.9. The Morgan fingerprint density at radius 1 is 0.971 bits per heavy atom. The number of benzene rings is 1. The molecule has 0 aliphatic carbocycles. The molecule has 3 heterocycles. The summed E-state index contributed by atoms with van der Waals surface area (Å²) in [5, 5.41) is 0. The molecule has 2 aromatic heterocycles. The first kappa shape index (κ1) is 24.6. The lowest BCUT2D eigenvalue weighted by molar-refractivity contribution is 0.0844. The van der Waals surface area contributed by atoms with Crippen LogP contribution < -0.4 is 0 Å². The van der Waals surface area contributed by atoms with Gasteiger partial charge in [0.15, 0.2) is 5.65 Å². The Labute approximate surface area is 204 Å². The zero-order valence-corrected chi connectivity index (χ0v) is 21.3. The van der Waals surface area contributed by atoms with Crippen LogP contribution >= 0.6 is 0 Å². The molecule has 1 aliphatic rings. The van der Waals surface area contributed by atoms with Gasteiger partial charge in [0.25, 0.3) is 0 Å². The molecule has 1 fully saturated rings. The molecule has 1 aliphatic heterocycles. The fourth-order valence-electron chi connectivity index (χ4n) is 4.67. The van der Waals surface area contributed by atoms with E-state index in [0.29, 0.717) is 0 Å². The third kappa shape index (κ3) is 6.12. The molecule has 1 saturated heterocycles. The lowest BCUT2D eigenvalue weighted by Gasteiger charge is -2.33. The molecule has 4 rings (SSSR count). The van der Waals surface area contributed by atoms with E-state index in [9.17, 15) is 0 Å². The second-order valence-corrected chi connectivity index (χ2v) is 9.20. The van der Waals surface area contributed by atoms with Crippen LogP contribution in [0.3, 0.4) is 0 Å². The highest BCUT2D eigenvalue weighted by molar-refractivity contribution is 5.76. The summed E-state index contributed by atoms with van der Waals surface area (Å²) in [5.74, 6) is 1.10. The number of fused-ring (bicyclic) bond motifs is 1. The summed E-state index contributed by atoms with van der Waals surface area (Å²) < 4.78 is 7.75. The van der Waals surface area contributed by atoms with Gasteiger partial charge in [-0.15, -0.1) is 0 Å². The molecule has 0 radical (unpaired) electrons. The second-order valence-electron chi connectivity index (χ2n) is 9.20. The van der Waals surface area contributed by atoms with E-state index < -0.39 is 0 Å². The molecule has 0 amide bonds. The predicted octanol–water partition coefficient (Wildman–Crippen LogP) is 4.33. The first-order valence-electron chi connectivity index (χ1n) is 12.7. The average molecular weight is 462 g/mol. The largest absolute Gasteiger partial charge is 0.380 e. The van der Waals surface area contributed by atoms with Gasteiger partial charge >= 0.3 is 0 Å². The number of imidazole rings is 1. The first-order valence-corrected chi connectivity index (χ1v) is 12.7. The topological polar surface area (TPSA) is 46.4 Å². The van der Waals surface area contributed by atoms with Gasteiger partial charge in [0.1, 0.15) is 11.3 Å². The molecule has 0 atom stereocenters. The predicted molar refractivity (Wildman–Crippen MR) is 140 cm³/mol. The molecule has 1 aromatic carbocycles. The number of aryl methyl sites for hydroxylation is 3. The van der Waals surface area contributed by atoms with E-state index in [1.54, 1.807) is 0 Å². The smallest absolute Gasteiger partial charge is 0.160 e. The van der Waals surface area contributed by atoms with Crippen LogP contribution in [0.4, 0.5) is 0 Å². The molecule has 182 valence electrons. The molecule has 0 N–H and O–H groups in total. The van der Waals surface area contributed by atoms with Crippen molar-refractivity contribution in [3.05, 3.63) is 64.6 Å². The Morgan fingerprint density at radius 2 is 1.71 bits per heavy atom. The minimum absolute atomic E-state index is 0.799. The van der Waals surface area contributed by atoms with E-state index >= 15 is 0 Å². The van der Waals surface area contributed by atoms with Crippen molar-refractivity contribution in [3.63, 3.8) is 0 Å². The molecule has 34 heavy (non-hydrogen) atoms. The number of ether oxygens (including phenoxy) is 1. The fraction of sp³-hybridized carbons (Fsp3) is 0.500. The number of hydrogen-bond acceptors (Lipinski definition) is 5. The quantitative estimate of drug-likeness (QED) is 0.421. The molecule has 3 aromatic rings. The van der Waals surface area contributed by atoms with Gasteiger partial charge in [-0.05, 0) is 43.5 Å². The molecular formula is C28H39N5O. The van der Waals surface area contributed by atoms with Crippen LogP contribution in [-0.2, 0) is 17.7 Å². The third-order valence-electron chi connectivity index (χ3n) is 6.63. The Morgan fingerprint density at radius 3 is 2.41 bits per heavy atom. The normalized spacial score (nSPS) is 15.6. The molecular weight excluding hydrogens is 422 g/mol. The van der Waals surface area contributed by atoms with Gasteiger partial charge in [-0.1, -0.05) is 43.3 Å². The summed E-state index contributed by atoms with van der Waals surface area (Å²) in [6.07, 6.45) is 5.43. The van der Waals surface area contributed by atoms with Gasteiger partial charge in [-0.2, -0.15) is 0 Å². The summed E-state index contributed by atoms with van der Waals surface area (Å²) >= 11 is 0. The molecule has 0 unspecified atom stereocenters. The highest BCUT2D eigenvalue weighted by Gasteiger charge is 2.15. The Bertz CT molecular complexity index is 1090. The number of hydrogen-bond donors (Lipinski definition) is 0. The van der Waals surface area contributed by atoms with Crippen molar-refractivity contribution in [2.24, 2.45) is 0 Å². The monoisotopic (exact) mass is 461 g/mol. The van der Waals surface area contributed by atoms with Crippen LogP contribution in [0, 0.1) is 13.8 Å². The minimum Gasteiger partial charge on any atom is -0.380 e. The summed E-state index contributed by atoms with van der Waals surface area (Å²) in [6, 6.07) is 11.0. The van der Waals surface area contributed by atoms with E-state index in [4.69, 9.17) is 14.7 Å². The Kier molecular flexibility index (Phi) is 8.48. The van der Waals surface area contributed by atoms with E-state index in [2.05, 4.69) is 84.5 Å². The van der Waals surface area contributed by atoms with Crippen LogP contribution in [0.25, 0.3) is 17.2 Å². The van der Waals surface area contributed by atoms with Crippen molar-refractivity contribution in [2.45, 2.75) is 40.7 Å². The van der Waals surface area contributed by atoms with Crippen molar-refractivity contribution in [1.82, 2.24) is 24.3 Å². The highest BCUT2D eigenvalue weighted by Crippen LogP contribution is 2.21. The van der Waals surface area contributed by atoms with Crippen LogP contribution in [-0.4, -0.2) is 76.8 Å². The fourth-order valence-corrected chi connectivity index (χ4v) is 4.67. The maximum atomic E-state index is 5.48. The molecule has 0 bridgehead atoms. The van der Waals surface area contributed by atoms with Crippen LogP contribution in [0.5, 0.6) is 0 Å². The lowest BCUT2D eigenvalue weighted by Crippen LogP contribution is -2.47. The number of piperazine rings is 1. The summed E-state index contributed by atoms with van der Waals surface area (Å²) in [6.45, 7) is 17.4. The lowest BCUT2D eigenvalue weighted by atomic mass is 10.1. The van der Waals surface area contributed by atoms with E-state index in [1.807, 2.05) is 0 Å². The first-order chi connectivity index (χ1) is 16.6. The van der Waals surface area contributed by atoms with Gasteiger partial charge in [-0.3, -0.25) is 9.80 Å². The van der Waals surface area contributed by atoms with Crippen molar-refractivity contribution in [1.29, 1.82) is 0 Å². The van der Waals surface area contributed by atoms with Crippen molar-refractivity contribution in [2.75, 3.05) is 52.5 Å². The second kappa shape index (κ2) is 11.7. The van der Waals surface area contributed by atoms with Crippen molar-refractivity contribution in [3.8, 4) is 0 Å². The summed E-state index contributed by atoms with van der Waals surface area (Å²) in [4.78, 5) is 14.7. The molecule has 0 spiro atoms. The molecule has 6 heteroatoms. The van der Waals surface area contributed by atoms with Gasteiger partial charge in [0.2, 0.25) is 0 Å². The van der Waals surface area contributed by atoms with Crippen LogP contribution in [0.15, 0.2) is 36.4 Å². The number of rotatable bonds is 10. The van der Waals surface area contributed by atoms with Gasteiger partial charge < -0.3 is 9.30 Å². The Balaban J connectivity index is 1.32. The van der Waals surface area contributed by atoms with Crippen molar-refractivity contribution >= 4 is 17.2 Å². The number of pyridine rings is 1. The maximum Gasteiger partial charge on any atom is 0.160 e. The summed E-state index contributed by atoms with van der Waals surface area (Å²) in [5.41, 5.74) is 6.78. The van der Waals surface area contributed by atoms with Crippen LogP contribution in [0.2, 0.25) is 0 Å².